The van der Waals surface area contributed by atoms with Gasteiger partial charge in [0.15, 0.2) is 5.78 Å². The van der Waals surface area contributed by atoms with Crippen molar-refractivity contribution in [1.82, 2.24) is 0 Å². The molecule has 1 aromatic rings. The molecule has 0 fully saturated rings. The van der Waals surface area contributed by atoms with Crippen LogP contribution in [0.2, 0.25) is 5.02 Å². The normalized spacial score (nSPS) is 10.0. The van der Waals surface area contributed by atoms with Gasteiger partial charge in [-0.2, -0.15) is 0 Å². The minimum atomic E-state index is -0.104. The first-order valence-electron chi connectivity index (χ1n) is 3.87. The summed E-state index contributed by atoms with van der Waals surface area (Å²) in [6.07, 6.45) is 0.268. The number of rotatable bonds is 3. The standard InChI is InChI=1S/C9H10ClNO2/c10-8-5-6(12)1-2-7(8)9(13)3-4-11/h1-2,5,12H,3-4,11H2. The number of phenolic OH excluding ortho intramolecular Hbond substituents is 1. The molecular formula is C9H10ClNO2. The number of hydrogen-bond donors (Lipinski definition) is 2. The van der Waals surface area contributed by atoms with Crippen molar-refractivity contribution in [3.05, 3.63) is 28.8 Å². The third-order valence-electron chi connectivity index (χ3n) is 1.62. The van der Waals surface area contributed by atoms with Gasteiger partial charge in [-0.05, 0) is 24.7 Å². The average molecular weight is 200 g/mol. The second-order valence-corrected chi connectivity index (χ2v) is 3.03. The Kier molecular flexibility index (Phi) is 3.28. The summed E-state index contributed by atoms with van der Waals surface area (Å²) in [6.45, 7) is 0.302. The van der Waals surface area contributed by atoms with Crippen molar-refractivity contribution in [1.29, 1.82) is 0 Å². The van der Waals surface area contributed by atoms with Crippen molar-refractivity contribution in [3.63, 3.8) is 0 Å². The van der Waals surface area contributed by atoms with Crippen LogP contribution in [0.4, 0.5) is 0 Å². The van der Waals surface area contributed by atoms with E-state index in [2.05, 4.69) is 0 Å². The van der Waals surface area contributed by atoms with Crippen LogP contribution >= 0.6 is 11.6 Å². The third kappa shape index (κ3) is 2.44. The highest BCUT2D eigenvalue weighted by Crippen LogP contribution is 2.22. The minimum absolute atomic E-state index is 0.0503. The molecule has 0 spiro atoms. The van der Waals surface area contributed by atoms with Gasteiger partial charge in [-0.15, -0.1) is 0 Å². The summed E-state index contributed by atoms with van der Waals surface area (Å²) in [7, 11) is 0. The SMILES string of the molecule is NCCC(=O)c1ccc(O)cc1Cl. The third-order valence-corrected chi connectivity index (χ3v) is 1.94. The van der Waals surface area contributed by atoms with E-state index in [1.54, 1.807) is 0 Å². The Morgan fingerprint density at radius 2 is 2.23 bits per heavy atom. The van der Waals surface area contributed by atoms with Gasteiger partial charge in [0.2, 0.25) is 0 Å². The molecule has 70 valence electrons. The van der Waals surface area contributed by atoms with Crippen molar-refractivity contribution in [3.8, 4) is 5.75 Å². The highest BCUT2D eigenvalue weighted by Gasteiger charge is 2.09. The summed E-state index contributed by atoms with van der Waals surface area (Å²) in [4.78, 5) is 11.3. The lowest BCUT2D eigenvalue weighted by molar-refractivity contribution is 0.0985. The predicted molar refractivity (Wildman–Crippen MR) is 51.1 cm³/mol. The molecule has 0 aliphatic carbocycles. The monoisotopic (exact) mass is 199 g/mol. The second kappa shape index (κ2) is 4.25. The first kappa shape index (κ1) is 10.0. The maximum absolute atomic E-state index is 11.3. The molecular weight excluding hydrogens is 190 g/mol. The summed E-state index contributed by atoms with van der Waals surface area (Å²) in [5.74, 6) is -0.0539. The smallest absolute Gasteiger partial charge is 0.165 e. The molecule has 0 heterocycles. The summed E-state index contributed by atoms with van der Waals surface area (Å²) in [5.41, 5.74) is 5.64. The minimum Gasteiger partial charge on any atom is -0.508 e. The van der Waals surface area contributed by atoms with E-state index in [-0.39, 0.29) is 23.0 Å². The van der Waals surface area contributed by atoms with Gasteiger partial charge in [-0.1, -0.05) is 11.6 Å². The zero-order chi connectivity index (χ0) is 9.84. The maximum Gasteiger partial charge on any atom is 0.165 e. The molecule has 1 rings (SSSR count). The maximum atomic E-state index is 11.3. The topological polar surface area (TPSA) is 63.3 Å². The Bertz CT molecular complexity index is 325. The molecule has 0 aromatic heterocycles. The van der Waals surface area contributed by atoms with E-state index in [0.29, 0.717) is 12.1 Å². The zero-order valence-electron chi connectivity index (χ0n) is 6.96. The van der Waals surface area contributed by atoms with E-state index >= 15 is 0 Å². The van der Waals surface area contributed by atoms with Gasteiger partial charge in [0, 0.05) is 12.0 Å². The van der Waals surface area contributed by atoms with Crippen LogP contribution in [0, 0.1) is 0 Å². The van der Waals surface area contributed by atoms with Gasteiger partial charge in [-0.3, -0.25) is 4.79 Å². The highest BCUT2D eigenvalue weighted by molar-refractivity contribution is 6.34. The first-order valence-corrected chi connectivity index (χ1v) is 4.24. The Morgan fingerprint density at radius 3 is 2.77 bits per heavy atom. The number of Topliss-reactive ketones (excluding diaryl/α,β-unsaturated/α-hetero) is 1. The molecule has 0 unspecified atom stereocenters. The fourth-order valence-corrected chi connectivity index (χ4v) is 1.28. The number of carbonyl (C=O) groups is 1. The molecule has 0 aliphatic heterocycles. The van der Waals surface area contributed by atoms with Crippen molar-refractivity contribution < 1.29 is 9.90 Å². The predicted octanol–water partition coefficient (Wildman–Crippen LogP) is 1.58. The number of hydrogen-bond acceptors (Lipinski definition) is 3. The molecule has 0 bridgehead atoms. The van der Waals surface area contributed by atoms with E-state index in [4.69, 9.17) is 22.4 Å². The van der Waals surface area contributed by atoms with Gasteiger partial charge in [0.05, 0.1) is 5.02 Å². The molecule has 0 aliphatic rings. The van der Waals surface area contributed by atoms with Gasteiger partial charge in [0.1, 0.15) is 5.75 Å². The number of carbonyl (C=O) groups excluding carboxylic acids is 1. The van der Waals surface area contributed by atoms with E-state index in [9.17, 15) is 4.79 Å². The van der Waals surface area contributed by atoms with Crippen LogP contribution in [0.25, 0.3) is 0 Å². The Labute approximate surface area is 81.1 Å². The van der Waals surface area contributed by atoms with Gasteiger partial charge in [0.25, 0.3) is 0 Å². The molecule has 13 heavy (non-hydrogen) atoms. The molecule has 0 saturated heterocycles. The quantitative estimate of drug-likeness (QED) is 0.727. The van der Waals surface area contributed by atoms with Crippen LogP contribution in [-0.4, -0.2) is 17.4 Å². The van der Waals surface area contributed by atoms with E-state index < -0.39 is 0 Å². The molecule has 0 saturated carbocycles. The summed E-state index contributed by atoms with van der Waals surface area (Å²) >= 11 is 5.74. The number of ketones is 1. The van der Waals surface area contributed by atoms with Crippen molar-refractivity contribution in [2.45, 2.75) is 6.42 Å². The lowest BCUT2D eigenvalue weighted by Gasteiger charge is -2.02. The molecule has 3 nitrogen and oxygen atoms in total. The second-order valence-electron chi connectivity index (χ2n) is 2.63. The zero-order valence-corrected chi connectivity index (χ0v) is 7.71. The lowest BCUT2D eigenvalue weighted by Crippen LogP contribution is -2.08. The van der Waals surface area contributed by atoms with Crippen LogP contribution < -0.4 is 5.73 Å². The van der Waals surface area contributed by atoms with Gasteiger partial charge in [-0.25, -0.2) is 0 Å². The Morgan fingerprint density at radius 1 is 1.54 bits per heavy atom. The summed E-state index contributed by atoms with van der Waals surface area (Å²) < 4.78 is 0. The number of halogens is 1. The molecule has 4 heteroatoms. The average Bonchev–Trinajstić information content (AvgIpc) is 2.04. The number of nitrogens with two attached hydrogens (primary N) is 1. The molecule has 0 amide bonds. The highest BCUT2D eigenvalue weighted by atomic mass is 35.5. The molecule has 3 N–H and O–H groups in total. The summed E-state index contributed by atoms with van der Waals surface area (Å²) in [5, 5.41) is 9.29. The van der Waals surface area contributed by atoms with Gasteiger partial charge < -0.3 is 10.8 Å². The fraction of sp³-hybridized carbons (Fsp3) is 0.222. The van der Waals surface area contributed by atoms with Crippen LogP contribution in [-0.2, 0) is 0 Å². The summed E-state index contributed by atoms with van der Waals surface area (Å²) in [6, 6.07) is 4.26. The van der Waals surface area contributed by atoms with Crippen LogP contribution in [0.3, 0.4) is 0 Å². The van der Waals surface area contributed by atoms with Crippen molar-refractivity contribution in [2.75, 3.05) is 6.54 Å². The molecule has 0 radical (unpaired) electrons. The van der Waals surface area contributed by atoms with Crippen LogP contribution in [0.5, 0.6) is 5.75 Å². The first-order chi connectivity index (χ1) is 6.15. The van der Waals surface area contributed by atoms with Gasteiger partial charge >= 0.3 is 0 Å². The van der Waals surface area contributed by atoms with Crippen LogP contribution in [0.1, 0.15) is 16.8 Å². The lowest BCUT2D eigenvalue weighted by atomic mass is 10.1. The van der Waals surface area contributed by atoms with E-state index in [0.717, 1.165) is 0 Å². The number of aromatic hydroxyl groups is 1. The molecule has 0 atom stereocenters. The van der Waals surface area contributed by atoms with Crippen molar-refractivity contribution in [2.24, 2.45) is 5.73 Å². The fourth-order valence-electron chi connectivity index (χ4n) is 0.996. The Hall–Kier alpha value is -1.06. The number of phenols is 1. The Balaban J connectivity index is 2.95. The van der Waals surface area contributed by atoms with E-state index in [1.807, 2.05) is 0 Å². The molecule has 1 aromatic carbocycles. The largest absolute Gasteiger partial charge is 0.508 e. The number of benzene rings is 1. The van der Waals surface area contributed by atoms with Crippen molar-refractivity contribution >= 4 is 17.4 Å². The van der Waals surface area contributed by atoms with Crippen LogP contribution in [0.15, 0.2) is 18.2 Å². The van der Waals surface area contributed by atoms with E-state index in [1.165, 1.54) is 18.2 Å².